The number of carbonyl (C=O) groups excluding carboxylic acids is 2. The van der Waals surface area contributed by atoms with Gasteiger partial charge in [0.2, 0.25) is 5.91 Å². The number of sulfone groups is 1. The summed E-state index contributed by atoms with van der Waals surface area (Å²) < 4.78 is 28.8. The SMILES string of the molecule is C[C@@H]1Oc2ccccc2N(CC(=O)N[C@@]2(C)CCS(=O)(=O)C2)C1=O. The summed E-state index contributed by atoms with van der Waals surface area (Å²) in [5.41, 5.74) is -0.240. The summed E-state index contributed by atoms with van der Waals surface area (Å²) in [6, 6.07) is 7.02. The van der Waals surface area contributed by atoms with Gasteiger partial charge in [0.1, 0.15) is 12.3 Å². The predicted molar refractivity (Wildman–Crippen MR) is 88.7 cm³/mol. The van der Waals surface area contributed by atoms with Crippen LogP contribution < -0.4 is 15.0 Å². The zero-order valence-electron chi connectivity index (χ0n) is 13.6. The first-order chi connectivity index (χ1) is 11.2. The molecule has 0 aromatic heterocycles. The summed E-state index contributed by atoms with van der Waals surface area (Å²) in [6.07, 6.45) is -0.291. The highest BCUT2D eigenvalue weighted by Gasteiger charge is 2.40. The van der Waals surface area contributed by atoms with Gasteiger partial charge in [-0.25, -0.2) is 8.42 Å². The third-order valence-electron chi connectivity index (χ3n) is 4.32. The number of ether oxygens (including phenoxy) is 1. The number of hydrogen-bond acceptors (Lipinski definition) is 5. The molecule has 24 heavy (non-hydrogen) atoms. The second-order valence-corrected chi connectivity index (χ2v) is 8.79. The zero-order chi connectivity index (χ0) is 17.5. The molecule has 2 aliphatic heterocycles. The van der Waals surface area contributed by atoms with E-state index in [1.165, 1.54) is 4.90 Å². The number of carbonyl (C=O) groups is 2. The van der Waals surface area contributed by atoms with Gasteiger partial charge >= 0.3 is 0 Å². The van der Waals surface area contributed by atoms with Crippen molar-refractivity contribution in [1.29, 1.82) is 0 Å². The first-order valence-electron chi connectivity index (χ1n) is 7.78. The minimum Gasteiger partial charge on any atom is -0.479 e. The number of nitrogens with zero attached hydrogens (tertiary/aromatic N) is 1. The summed E-state index contributed by atoms with van der Waals surface area (Å²) in [5, 5.41) is 2.77. The molecule has 1 saturated heterocycles. The highest BCUT2D eigenvalue weighted by molar-refractivity contribution is 7.91. The molecule has 0 saturated carbocycles. The van der Waals surface area contributed by atoms with Crippen LogP contribution in [0.3, 0.4) is 0 Å². The summed E-state index contributed by atoms with van der Waals surface area (Å²) in [6.45, 7) is 3.18. The third-order valence-corrected chi connectivity index (χ3v) is 6.22. The predicted octanol–water partition coefficient (Wildman–Crippen LogP) is 0.494. The number of amides is 2. The maximum atomic E-state index is 12.4. The Kier molecular flexibility index (Phi) is 4.03. The molecule has 2 atom stereocenters. The van der Waals surface area contributed by atoms with Gasteiger partial charge in [0.05, 0.1) is 22.7 Å². The molecule has 3 rings (SSSR count). The monoisotopic (exact) mass is 352 g/mol. The van der Waals surface area contributed by atoms with Gasteiger partial charge in [-0.15, -0.1) is 0 Å². The normalized spacial score (nSPS) is 28.2. The molecule has 0 aliphatic carbocycles. The summed E-state index contributed by atoms with van der Waals surface area (Å²) in [7, 11) is -3.12. The first-order valence-corrected chi connectivity index (χ1v) is 9.60. The molecule has 2 aliphatic rings. The molecule has 2 amide bonds. The Labute approximate surface area is 140 Å². The summed E-state index contributed by atoms with van der Waals surface area (Å²) in [4.78, 5) is 26.2. The van der Waals surface area contributed by atoms with Gasteiger partial charge in [-0.05, 0) is 32.4 Å². The van der Waals surface area contributed by atoms with Crippen molar-refractivity contribution < 1.29 is 22.7 Å². The van der Waals surface area contributed by atoms with Crippen molar-refractivity contribution in [2.24, 2.45) is 0 Å². The van der Waals surface area contributed by atoms with Crippen molar-refractivity contribution in [3.8, 4) is 5.75 Å². The lowest BCUT2D eigenvalue weighted by molar-refractivity contribution is -0.128. The molecule has 0 unspecified atom stereocenters. The molecule has 1 N–H and O–H groups in total. The van der Waals surface area contributed by atoms with Crippen molar-refractivity contribution in [2.45, 2.75) is 31.9 Å². The van der Waals surface area contributed by atoms with Crippen molar-refractivity contribution >= 4 is 27.3 Å². The van der Waals surface area contributed by atoms with E-state index in [9.17, 15) is 18.0 Å². The van der Waals surface area contributed by atoms with Crippen LogP contribution in [0.15, 0.2) is 24.3 Å². The molecular formula is C16H20N2O5S. The van der Waals surface area contributed by atoms with Crippen LogP contribution in [0.2, 0.25) is 0 Å². The molecule has 130 valence electrons. The van der Waals surface area contributed by atoms with Crippen LogP contribution in [0.5, 0.6) is 5.75 Å². The van der Waals surface area contributed by atoms with E-state index in [2.05, 4.69) is 5.32 Å². The summed E-state index contributed by atoms with van der Waals surface area (Å²) in [5.74, 6) is -0.136. The van der Waals surface area contributed by atoms with Gasteiger partial charge < -0.3 is 10.1 Å². The van der Waals surface area contributed by atoms with E-state index in [0.29, 0.717) is 17.9 Å². The molecule has 1 aromatic carbocycles. The van der Waals surface area contributed by atoms with Crippen LogP contribution in [0.25, 0.3) is 0 Å². The molecule has 0 radical (unpaired) electrons. The standard InChI is InChI=1S/C16H20N2O5S/c1-11-15(20)18(12-5-3-4-6-13(12)23-11)9-14(19)17-16(2)7-8-24(21,22)10-16/h3-6,11H,7-10H2,1-2H3,(H,17,19)/t11-,16-/m0/s1. The van der Waals surface area contributed by atoms with Crippen LogP contribution in [0.1, 0.15) is 20.3 Å². The zero-order valence-corrected chi connectivity index (χ0v) is 14.4. The lowest BCUT2D eigenvalue weighted by Gasteiger charge is -2.33. The Bertz CT molecular complexity index is 791. The smallest absolute Gasteiger partial charge is 0.268 e. The number of nitrogens with one attached hydrogen (secondary N) is 1. The van der Waals surface area contributed by atoms with Gasteiger partial charge in [-0.2, -0.15) is 0 Å². The Hall–Kier alpha value is -2.09. The molecule has 0 bridgehead atoms. The molecule has 1 fully saturated rings. The van der Waals surface area contributed by atoms with Gasteiger partial charge in [0.15, 0.2) is 15.9 Å². The van der Waals surface area contributed by atoms with E-state index in [4.69, 9.17) is 4.74 Å². The Morgan fingerprint density at radius 1 is 1.42 bits per heavy atom. The number of rotatable bonds is 3. The van der Waals surface area contributed by atoms with Gasteiger partial charge in [0.25, 0.3) is 5.91 Å². The number of benzene rings is 1. The summed E-state index contributed by atoms with van der Waals surface area (Å²) >= 11 is 0. The van der Waals surface area contributed by atoms with Crippen molar-refractivity contribution in [3.63, 3.8) is 0 Å². The van der Waals surface area contributed by atoms with Gasteiger partial charge in [0, 0.05) is 0 Å². The molecule has 7 nitrogen and oxygen atoms in total. The number of hydrogen-bond donors (Lipinski definition) is 1. The molecular weight excluding hydrogens is 332 g/mol. The third kappa shape index (κ3) is 3.24. The van der Waals surface area contributed by atoms with Crippen molar-refractivity contribution in [1.82, 2.24) is 5.32 Å². The average molecular weight is 352 g/mol. The topological polar surface area (TPSA) is 92.8 Å². The largest absolute Gasteiger partial charge is 0.479 e. The lowest BCUT2D eigenvalue weighted by Crippen LogP contribution is -2.53. The van der Waals surface area contributed by atoms with E-state index < -0.39 is 21.5 Å². The van der Waals surface area contributed by atoms with Gasteiger partial charge in [-0.3, -0.25) is 14.5 Å². The Morgan fingerprint density at radius 2 is 2.12 bits per heavy atom. The van der Waals surface area contributed by atoms with Crippen LogP contribution in [-0.4, -0.2) is 49.9 Å². The second-order valence-electron chi connectivity index (χ2n) is 6.60. The van der Waals surface area contributed by atoms with E-state index in [-0.39, 0.29) is 29.9 Å². The second kappa shape index (κ2) is 5.77. The average Bonchev–Trinajstić information content (AvgIpc) is 2.77. The van der Waals surface area contributed by atoms with Gasteiger partial charge in [-0.1, -0.05) is 12.1 Å². The molecule has 2 heterocycles. The van der Waals surface area contributed by atoms with E-state index >= 15 is 0 Å². The molecule has 1 aromatic rings. The van der Waals surface area contributed by atoms with Crippen LogP contribution >= 0.6 is 0 Å². The minimum absolute atomic E-state index is 0.0696. The van der Waals surface area contributed by atoms with Crippen LogP contribution in [0, 0.1) is 0 Å². The lowest BCUT2D eigenvalue weighted by atomic mass is 10.0. The van der Waals surface area contributed by atoms with E-state index in [1.807, 2.05) is 0 Å². The minimum atomic E-state index is -3.12. The van der Waals surface area contributed by atoms with E-state index in [0.717, 1.165) is 0 Å². The fraction of sp³-hybridized carbons (Fsp3) is 0.500. The fourth-order valence-corrected chi connectivity index (χ4v) is 5.24. The maximum Gasteiger partial charge on any atom is 0.268 e. The maximum absolute atomic E-state index is 12.4. The molecule has 0 spiro atoms. The van der Waals surface area contributed by atoms with Crippen LogP contribution in [-0.2, 0) is 19.4 Å². The first kappa shape index (κ1) is 16.8. The number of para-hydroxylation sites is 2. The van der Waals surface area contributed by atoms with E-state index in [1.54, 1.807) is 38.1 Å². The van der Waals surface area contributed by atoms with Crippen molar-refractivity contribution in [2.75, 3.05) is 23.0 Å². The number of fused-ring (bicyclic) bond motifs is 1. The van der Waals surface area contributed by atoms with Crippen molar-refractivity contribution in [3.05, 3.63) is 24.3 Å². The highest BCUT2D eigenvalue weighted by Crippen LogP contribution is 2.33. The number of anilines is 1. The fourth-order valence-electron chi connectivity index (χ4n) is 3.15. The Morgan fingerprint density at radius 3 is 2.79 bits per heavy atom. The Balaban J connectivity index is 1.76. The van der Waals surface area contributed by atoms with Crippen LogP contribution in [0.4, 0.5) is 5.69 Å². The highest BCUT2D eigenvalue weighted by atomic mass is 32.2. The molecule has 8 heteroatoms. The quantitative estimate of drug-likeness (QED) is 0.855.